The van der Waals surface area contributed by atoms with Crippen molar-refractivity contribution in [3.63, 3.8) is 0 Å². The first-order valence-electron chi connectivity index (χ1n) is 2.94. The van der Waals surface area contributed by atoms with Crippen LogP contribution in [0.15, 0.2) is 0 Å². The summed E-state index contributed by atoms with van der Waals surface area (Å²) in [5.41, 5.74) is -0.966. The summed E-state index contributed by atoms with van der Waals surface area (Å²) in [6.07, 6.45) is -0.508. The van der Waals surface area contributed by atoms with Gasteiger partial charge >= 0.3 is 5.97 Å². The van der Waals surface area contributed by atoms with Crippen LogP contribution in [0.2, 0.25) is 0 Å². The van der Waals surface area contributed by atoms with E-state index in [0.29, 0.717) is 12.8 Å². The molecule has 1 aliphatic carbocycles. The van der Waals surface area contributed by atoms with Crippen LogP contribution >= 0.6 is 0 Å². The van der Waals surface area contributed by atoms with Crippen LogP contribution in [0, 0.1) is 16.7 Å². The van der Waals surface area contributed by atoms with Gasteiger partial charge in [0.15, 0.2) is 6.10 Å². The van der Waals surface area contributed by atoms with Crippen LogP contribution in [0.3, 0.4) is 0 Å². The van der Waals surface area contributed by atoms with Gasteiger partial charge in [0.1, 0.15) is 0 Å². The topological polar surface area (TPSA) is 81.3 Å². The number of aliphatic hydroxyl groups excluding tert-OH is 1. The molecule has 1 rings (SSSR count). The maximum absolute atomic E-state index is 10.1. The summed E-state index contributed by atoms with van der Waals surface area (Å²) in [6, 6.07) is 1.80. The molecule has 0 bridgehead atoms. The second kappa shape index (κ2) is 1.96. The first-order chi connectivity index (χ1) is 4.62. The van der Waals surface area contributed by atoms with E-state index in [4.69, 9.17) is 15.5 Å². The summed E-state index contributed by atoms with van der Waals surface area (Å²) < 4.78 is 0. The maximum Gasteiger partial charge on any atom is 0.334 e. The minimum absolute atomic E-state index is 0.497. The molecule has 1 aliphatic rings. The number of hydrogen-bond acceptors (Lipinski definition) is 3. The van der Waals surface area contributed by atoms with Crippen LogP contribution in [0.5, 0.6) is 0 Å². The number of rotatable bonds is 2. The number of aliphatic hydroxyl groups is 1. The molecule has 0 radical (unpaired) electrons. The zero-order valence-corrected chi connectivity index (χ0v) is 5.24. The quantitative estimate of drug-likeness (QED) is 0.554. The fourth-order valence-electron chi connectivity index (χ4n) is 0.817. The maximum atomic E-state index is 10.1. The van der Waals surface area contributed by atoms with Gasteiger partial charge in [-0.3, -0.25) is 0 Å². The van der Waals surface area contributed by atoms with Crippen LogP contribution < -0.4 is 0 Å². The lowest BCUT2D eigenvalue weighted by atomic mass is 10.0. The molecule has 4 heteroatoms. The van der Waals surface area contributed by atoms with Crippen molar-refractivity contribution in [2.45, 2.75) is 18.9 Å². The molecule has 1 saturated carbocycles. The van der Waals surface area contributed by atoms with Gasteiger partial charge in [0.05, 0.1) is 11.5 Å². The molecule has 10 heavy (non-hydrogen) atoms. The first kappa shape index (κ1) is 7.03. The molecule has 0 spiro atoms. The van der Waals surface area contributed by atoms with Gasteiger partial charge < -0.3 is 10.2 Å². The van der Waals surface area contributed by atoms with Gasteiger partial charge in [-0.1, -0.05) is 0 Å². The van der Waals surface area contributed by atoms with E-state index in [2.05, 4.69) is 0 Å². The van der Waals surface area contributed by atoms with Crippen molar-refractivity contribution in [1.29, 1.82) is 5.26 Å². The number of nitriles is 1. The largest absolute Gasteiger partial charge is 0.479 e. The number of carbonyl (C=O) groups is 1. The fraction of sp³-hybridized carbons (Fsp3) is 0.667. The van der Waals surface area contributed by atoms with Crippen molar-refractivity contribution in [2.24, 2.45) is 5.41 Å². The van der Waals surface area contributed by atoms with E-state index < -0.39 is 17.5 Å². The lowest BCUT2D eigenvalue weighted by Crippen LogP contribution is -2.29. The van der Waals surface area contributed by atoms with Crippen LogP contribution in [0.25, 0.3) is 0 Å². The van der Waals surface area contributed by atoms with Crippen LogP contribution in [0.1, 0.15) is 12.8 Å². The van der Waals surface area contributed by atoms with E-state index in [-0.39, 0.29) is 0 Å². The van der Waals surface area contributed by atoms with E-state index in [0.717, 1.165) is 0 Å². The fourth-order valence-corrected chi connectivity index (χ4v) is 0.817. The summed E-state index contributed by atoms with van der Waals surface area (Å²) in [5.74, 6) is -1.31. The van der Waals surface area contributed by atoms with E-state index in [1.165, 1.54) is 0 Å². The SMILES string of the molecule is N#CC1(C(O)C(=O)O)CC1. The average molecular weight is 141 g/mol. The van der Waals surface area contributed by atoms with Gasteiger partial charge in [0.2, 0.25) is 0 Å². The summed E-state index contributed by atoms with van der Waals surface area (Å²) in [5, 5.41) is 25.6. The predicted molar refractivity (Wildman–Crippen MR) is 30.9 cm³/mol. The molecule has 0 amide bonds. The molecule has 0 aromatic carbocycles. The van der Waals surface area contributed by atoms with Gasteiger partial charge in [-0.2, -0.15) is 5.26 Å². The summed E-state index contributed by atoms with van der Waals surface area (Å²) in [6.45, 7) is 0. The Morgan fingerprint density at radius 1 is 1.70 bits per heavy atom. The zero-order valence-electron chi connectivity index (χ0n) is 5.24. The third kappa shape index (κ3) is 0.847. The highest BCUT2D eigenvalue weighted by molar-refractivity contribution is 5.74. The Kier molecular flexibility index (Phi) is 1.38. The Bertz CT molecular complexity index is 202. The molecule has 1 unspecified atom stereocenters. The van der Waals surface area contributed by atoms with Gasteiger partial charge in [-0.25, -0.2) is 4.79 Å². The first-order valence-corrected chi connectivity index (χ1v) is 2.94. The molecule has 1 fully saturated rings. The predicted octanol–water partition coefficient (Wildman–Crippen LogP) is -0.264. The molecular formula is C6H7NO3. The Morgan fingerprint density at radius 3 is 2.30 bits per heavy atom. The molecule has 0 aliphatic heterocycles. The molecular weight excluding hydrogens is 134 g/mol. The van der Waals surface area contributed by atoms with E-state index in [9.17, 15) is 4.79 Å². The normalized spacial score (nSPS) is 22.8. The number of hydrogen-bond donors (Lipinski definition) is 2. The van der Waals surface area contributed by atoms with Crippen molar-refractivity contribution >= 4 is 5.97 Å². The molecule has 54 valence electrons. The molecule has 0 aromatic rings. The highest BCUT2D eigenvalue weighted by Gasteiger charge is 2.53. The highest BCUT2D eigenvalue weighted by atomic mass is 16.4. The lowest BCUT2D eigenvalue weighted by Gasteiger charge is -2.07. The minimum Gasteiger partial charge on any atom is -0.479 e. The Labute approximate surface area is 57.7 Å². The molecule has 2 N–H and O–H groups in total. The van der Waals surface area contributed by atoms with Gasteiger partial charge in [0.25, 0.3) is 0 Å². The second-order valence-electron chi connectivity index (χ2n) is 2.51. The van der Waals surface area contributed by atoms with Crippen molar-refractivity contribution < 1.29 is 15.0 Å². The zero-order chi connectivity index (χ0) is 7.78. The number of aliphatic carboxylic acids is 1. The van der Waals surface area contributed by atoms with Gasteiger partial charge in [-0.15, -0.1) is 0 Å². The third-order valence-corrected chi connectivity index (χ3v) is 1.77. The lowest BCUT2D eigenvalue weighted by molar-refractivity contribution is -0.149. The highest BCUT2D eigenvalue weighted by Crippen LogP contribution is 2.47. The third-order valence-electron chi connectivity index (χ3n) is 1.77. The standard InChI is InChI=1S/C6H7NO3/c7-3-6(1-2-6)4(8)5(9)10/h4,8H,1-2H2,(H,9,10). The molecule has 0 aromatic heterocycles. The smallest absolute Gasteiger partial charge is 0.334 e. The van der Waals surface area contributed by atoms with Crippen LogP contribution in [0.4, 0.5) is 0 Å². The summed E-state index contributed by atoms with van der Waals surface area (Å²) in [4.78, 5) is 10.1. The van der Waals surface area contributed by atoms with Crippen LogP contribution in [-0.4, -0.2) is 22.3 Å². The number of nitrogens with zero attached hydrogens (tertiary/aromatic N) is 1. The second-order valence-corrected chi connectivity index (χ2v) is 2.51. The summed E-state index contributed by atoms with van der Waals surface area (Å²) >= 11 is 0. The Balaban J connectivity index is 2.67. The van der Waals surface area contributed by atoms with Crippen molar-refractivity contribution in [3.8, 4) is 6.07 Å². The summed E-state index contributed by atoms with van der Waals surface area (Å²) in [7, 11) is 0. The Hall–Kier alpha value is -1.08. The van der Waals surface area contributed by atoms with Crippen molar-refractivity contribution in [1.82, 2.24) is 0 Å². The van der Waals surface area contributed by atoms with Gasteiger partial charge in [0, 0.05) is 0 Å². The minimum atomic E-state index is -1.50. The average Bonchev–Trinajstić information content (AvgIpc) is 2.66. The Morgan fingerprint density at radius 2 is 2.20 bits per heavy atom. The van der Waals surface area contributed by atoms with Gasteiger partial charge in [-0.05, 0) is 12.8 Å². The molecule has 1 atom stereocenters. The number of carboxylic acid groups (broad SMARTS) is 1. The molecule has 0 saturated heterocycles. The number of carboxylic acids is 1. The van der Waals surface area contributed by atoms with Crippen molar-refractivity contribution in [2.75, 3.05) is 0 Å². The van der Waals surface area contributed by atoms with E-state index in [1.807, 2.05) is 0 Å². The molecule has 4 nitrogen and oxygen atoms in total. The van der Waals surface area contributed by atoms with E-state index in [1.54, 1.807) is 6.07 Å². The van der Waals surface area contributed by atoms with Crippen molar-refractivity contribution in [3.05, 3.63) is 0 Å². The molecule has 0 heterocycles. The van der Waals surface area contributed by atoms with E-state index >= 15 is 0 Å². The van der Waals surface area contributed by atoms with Crippen LogP contribution in [-0.2, 0) is 4.79 Å². The monoisotopic (exact) mass is 141 g/mol.